The second kappa shape index (κ2) is 11.5. The van der Waals surface area contributed by atoms with Crippen LogP contribution in [0.15, 0.2) is 39.5 Å². The molecule has 0 spiro atoms. The SMILES string of the molecule is O=c1cc(-c2ccc(O)cc2)oc2c(OC3O[C@H](CO)[C@@H](O)[C@@H]3O)c(O)c(OC3O[C@H](CO)[C@@H](O)[C@H](O)[C@H]3O)c(O)c12. The molecule has 3 aromatic rings. The number of phenols is 3. The van der Waals surface area contributed by atoms with Crippen LogP contribution in [0.25, 0.3) is 22.3 Å². The summed E-state index contributed by atoms with van der Waals surface area (Å²) in [6, 6.07) is 6.40. The fourth-order valence-corrected chi connectivity index (χ4v) is 4.66. The number of ether oxygens (including phenoxy) is 4. The fraction of sp³-hybridized carbons (Fsp3) is 0.423. The highest BCUT2D eigenvalue weighted by Gasteiger charge is 2.47. The van der Waals surface area contributed by atoms with Crippen LogP contribution in [0.3, 0.4) is 0 Å². The Kier molecular flexibility index (Phi) is 8.17. The molecule has 2 unspecified atom stereocenters. The summed E-state index contributed by atoms with van der Waals surface area (Å²) >= 11 is 0. The van der Waals surface area contributed by atoms with E-state index in [1.165, 1.54) is 24.3 Å². The molecule has 3 heterocycles. The molecule has 0 saturated carbocycles. The second-order valence-electron chi connectivity index (χ2n) is 9.72. The van der Waals surface area contributed by atoms with Gasteiger partial charge in [0.25, 0.3) is 0 Å². The van der Waals surface area contributed by atoms with Crippen LogP contribution in [0.1, 0.15) is 0 Å². The summed E-state index contributed by atoms with van der Waals surface area (Å²) in [6.07, 6.45) is -15.4. The summed E-state index contributed by atoms with van der Waals surface area (Å²) in [5, 5.41) is 101. The Morgan fingerprint density at radius 2 is 1.21 bits per heavy atom. The van der Waals surface area contributed by atoms with Crippen molar-refractivity contribution < 1.29 is 74.4 Å². The van der Waals surface area contributed by atoms with Gasteiger partial charge in [-0.3, -0.25) is 4.79 Å². The molecular weight excluding hydrogens is 568 g/mol. The van der Waals surface area contributed by atoms with Crippen molar-refractivity contribution in [2.75, 3.05) is 13.2 Å². The van der Waals surface area contributed by atoms with E-state index in [2.05, 4.69) is 0 Å². The Balaban J connectivity index is 1.66. The first kappa shape index (κ1) is 29.8. The minimum atomic E-state index is -1.98. The summed E-state index contributed by atoms with van der Waals surface area (Å²) in [5.41, 5.74) is -1.20. The van der Waals surface area contributed by atoms with Crippen LogP contribution >= 0.6 is 0 Å². The second-order valence-corrected chi connectivity index (χ2v) is 9.72. The maximum absolute atomic E-state index is 13.3. The van der Waals surface area contributed by atoms with Gasteiger partial charge in [-0.2, -0.15) is 0 Å². The molecule has 0 aliphatic carbocycles. The van der Waals surface area contributed by atoms with E-state index >= 15 is 0 Å². The van der Waals surface area contributed by atoms with Gasteiger partial charge in [-0.15, -0.1) is 0 Å². The summed E-state index contributed by atoms with van der Waals surface area (Å²) in [6.45, 7) is -1.53. The molecule has 0 radical (unpaired) electrons. The first-order valence-electron chi connectivity index (χ1n) is 12.6. The average Bonchev–Trinajstić information content (AvgIpc) is 3.25. The Hall–Kier alpha value is -3.71. The van der Waals surface area contributed by atoms with Crippen molar-refractivity contribution in [2.24, 2.45) is 0 Å². The van der Waals surface area contributed by atoms with E-state index in [1.54, 1.807) is 0 Å². The monoisotopic (exact) mass is 596 g/mol. The van der Waals surface area contributed by atoms with Crippen molar-refractivity contribution in [1.29, 1.82) is 0 Å². The number of hydrogen-bond donors (Lipinski definition) is 10. The van der Waals surface area contributed by atoms with Gasteiger partial charge < -0.3 is 74.4 Å². The highest BCUT2D eigenvalue weighted by Crippen LogP contribution is 2.51. The van der Waals surface area contributed by atoms with Crippen molar-refractivity contribution in [3.05, 3.63) is 40.6 Å². The quantitative estimate of drug-likeness (QED) is 0.136. The van der Waals surface area contributed by atoms with Gasteiger partial charge in [0.2, 0.25) is 29.8 Å². The van der Waals surface area contributed by atoms with Crippen LogP contribution in [0, 0.1) is 0 Å². The predicted octanol–water partition coefficient (Wildman–Crippen LogP) is -2.43. The van der Waals surface area contributed by atoms with E-state index in [9.17, 15) is 55.9 Å². The molecule has 5 rings (SSSR count). The number of rotatable bonds is 7. The molecule has 1 aromatic heterocycles. The number of aliphatic hydroxyl groups excluding tert-OH is 7. The lowest BCUT2D eigenvalue weighted by atomic mass is 9.99. The smallest absolute Gasteiger partial charge is 0.229 e. The number of aromatic hydroxyl groups is 3. The van der Waals surface area contributed by atoms with Gasteiger partial charge >= 0.3 is 0 Å². The van der Waals surface area contributed by atoms with Gasteiger partial charge in [0.05, 0.1) is 13.2 Å². The maximum Gasteiger partial charge on any atom is 0.229 e. The maximum atomic E-state index is 13.3. The fourth-order valence-electron chi connectivity index (χ4n) is 4.66. The molecule has 0 bridgehead atoms. The molecule has 16 heteroatoms. The van der Waals surface area contributed by atoms with E-state index in [1.807, 2.05) is 0 Å². The van der Waals surface area contributed by atoms with Crippen LogP contribution in [-0.4, -0.2) is 120 Å². The van der Waals surface area contributed by atoms with E-state index in [0.29, 0.717) is 0 Å². The van der Waals surface area contributed by atoms with Crippen LogP contribution in [-0.2, 0) is 9.47 Å². The molecule has 0 amide bonds. The Labute approximate surface area is 235 Å². The zero-order chi connectivity index (χ0) is 30.5. The number of benzene rings is 2. The van der Waals surface area contributed by atoms with Crippen molar-refractivity contribution in [1.82, 2.24) is 0 Å². The third-order valence-corrected chi connectivity index (χ3v) is 7.00. The highest BCUT2D eigenvalue weighted by atomic mass is 16.7. The summed E-state index contributed by atoms with van der Waals surface area (Å²) in [5.74, 6) is -3.99. The molecule has 2 aliphatic rings. The van der Waals surface area contributed by atoms with Crippen LogP contribution < -0.4 is 14.9 Å². The molecule has 228 valence electrons. The Morgan fingerprint density at radius 3 is 1.79 bits per heavy atom. The molecule has 42 heavy (non-hydrogen) atoms. The Morgan fingerprint density at radius 1 is 0.690 bits per heavy atom. The topological polar surface area (TPSA) is 269 Å². The lowest BCUT2D eigenvalue weighted by Crippen LogP contribution is -2.60. The zero-order valence-electron chi connectivity index (χ0n) is 21.4. The summed E-state index contributed by atoms with van der Waals surface area (Å²) in [7, 11) is 0. The van der Waals surface area contributed by atoms with Crippen molar-refractivity contribution in [3.63, 3.8) is 0 Å². The number of hydrogen-bond acceptors (Lipinski definition) is 16. The lowest BCUT2D eigenvalue weighted by Gasteiger charge is -2.39. The van der Waals surface area contributed by atoms with E-state index in [0.717, 1.165) is 6.07 Å². The Bertz CT molecular complexity index is 1490. The van der Waals surface area contributed by atoms with Gasteiger partial charge in [0.1, 0.15) is 59.6 Å². The van der Waals surface area contributed by atoms with Gasteiger partial charge in [-0.25, -0.2) is 0 Å². The highest BCUT2D eigenvalue weighted by molar-refractivity contribution is 5.95. The van der Waals surface area contributed by atoms with Crippen molar-refractivity contribution in [2.45, 2.75) is 55.3 Å². The largest absolute Gasteiger partial charge is 0.508 e. The van der Waals surface area contributed by atoms with Crippen LogP contribution in [0.5, 0.6) is 28.7 Å². The normalized spacial score (nSPS) is 31.4. The molecule has 16 nitrogen and oxygen atoms in total. The van der Waals surface area contributed by atoms with Gasteiger partial charge in [-0.1, -0.05) is 0 Å². The first-order chi connectivity index (χ1) is 20.0. The van der Waals surface area contributed by atoms with Gasteiger partial charge in [-0.05, 0) is 24.3 Å². The molecule has 2 fully saturated rings. The summed E-state index contributed by atoms with van der Waals surface area (Å²) < 4.78 is 27.4. The first-order valence-corrected chi connectivity index (χ1v) is 12.6. The van der Waals surface area contributed by atoms with Crippen molar-refractivity contribution >= 4 is 11.0 Å². The minimum absolute atomic E-state index is 0.0828. The predicted molar refractivity (Wildman–Crippen MR) is 136 cm³/mol. The van der Waals surface area contributed by atoms with E-state index < -0.39 is 108 Å². The number of aliphatic hydroxyl groups is 7. The van der Waals surface area contributed by atoms with Crippen LogP contribution in [0.4, 0.5) is 0 Å². The van der Waals surface area contributed by atoms with E-state index in [4.69, 9.17) is 23.4 Å². The molecule has 2 saturated heterocycles. The van der Waals surface area contributed by atoms with Gasteiger partial charge in [0.15, 0.2) is 16.8 Å². The number of phenolic OH excluding ortho intramolecular Hbond substituents is 3. The van der Waals surface area contributed by atoms with E-state index in [-0.39, 0.29) is 17.1 Å². The third-order valence-electron chi connectivity index (χ3n) is 7.00. The molecular formula is C26H28O16. The zero-order valence-corrected chi connectivity index (χ0v) is 21.4. The molecule has 2 aromatic carbocycles. The molecule has 9 atom stereocenters. The van der Waals surface area contributed by atoms with Crippen molar-refractivity contribution in [3.8, 4) is 40.1 Å². The number of fused-ring (bicyclic) bond motifs is 1. The standard InChI is InChI=1S/C26H28O16/c27-6-12-15(31)18(34)20(36)26(39-12)41-23-17(33)14-10(30)5-11(8-1-3-9(29)4-2-8)38-22(14)24(21(23)37)42-25-19(35)16(32)13(7-28)40-25/h1-5,12-13,15-16,18-20,25-29,31-37H,6-7H2/t12-,13-,15-,16-,18+,19+,20-,25?,26?/m1/s1. The minimum Gasteiger partial charge on any atom is -0.508 e. The third kappa shape index (κ3) is 5.08. The lowest BCUT2D eigenvalue weighted by molar-refractivity contribution is -0.277. The average molecular weight is 596 g/mol. The molecule has 10 N–H and O–H groups in total. The summed E-state index contributed by atoms with van der Waals surface area (Å²) in [4.78, 5) is 13.3. The van der Waals surface area contributed by atoms with Gasteiger partial charge in [0, 0.05) is 11.6 Å². The van der Waals surface area contributed by atoms with Crippen LogP contribution in [0.2, 0.25) is 0 Å². The molecule has 2 aliphatic heterocycles.